The molecular formula is C14H18F3NO2. The molecule has 0 radical (unpaired) electrons. The highest BCUT2D eigenvalue weighted by atomic mass is 19.4. The second-order valence-corrected chi connectivity index (χ2v) is 4.70. The lowest BCUT2D eigenvalue weighted by molar-refractivity contribution is -0.153. The van der Waals surface area contributed by atoms with E-state index in [1.807, 2.05) is 6.07 Å². The molecule has 0 bridgehead atoms. The van der Waals surface area contributed by atoms with Crippen LogP contribution in [0.3, 0.4) is 0 Å². The van der Waals surface area contributed by atoms with Gasteiger partial charge in [-0.1, -0.05) is 12.1 Å². The van der Waals surface area contributed by atoms with E-state index < -0.39 is 12.8 Å². The first-order chi connectivity index (χ1) is 9.51. The van der Waals surface area contributed by atoms with Crippen LogP contribution in [0.1, 0.15) is 24.8 Å². The van der Waals surface area contributed by atoms with Gasteiger partial charge in [0.2, 0.25) is 0 Å². The van der Waals surface area contributed by atoms with Crippen molar-refractivity contribution in [2.75, 3.05) is 26.3 Å². The molecule has 0 unspecified atom stereocenters. The molecule has 1 aromatic rings. The van der Waals surface area contributed by atoms with Crippen LogP contribution in [0, 0.1) is 0 Å². The van der Waals surface area contributed by atoms with E-state index in [0.29, 0.717) is 12.4 Å². The van der Waals surface area contributed by atoms with Crippen molar-refractivity contribution in [2.24, 2.45) is 0 Å². The predicted molar refractivity (Wildman–Crippen MR) is 69.4 cm³/mol. The van der Waals surface area contributed by atoms with Gasteiger partial charge in [-0.05, 0) is 26.0 Å². The summed E-state index contributed by atoms with van der Waals surface area (Å²) in [6.45, 7) is 2.60. The van der Waals surface area contributed by atoms with Crippen LogP contribution in [-0.2, 0) is 0 Å². The third-order valence-corrected chi connectivity index (χ3v) is 3.19. The molecule has 112 valence electrons. The fourth-order valence-corrected chi connectivity index (χ4v) is 2.35. The van der Waals surface area contributed by atoms with Crippen LogP contribution in [0.5, 0.6) is 11.5 Å². The van der Waals surface area contributed by atoms with Gasteiger partial charge in [0, 0.05) is 18.0 Å². The molecule has 0 aromatic heterocycles. The number of para-hydroxylation sites is 1. The molecule has 1 N–H and O–H groups in total. The quantitative estimate of drug-likeness (QED) is 0.903. The van der Waals surface area contributed by atoms with Crippen molar-refractivity contribution in [1.29, 1.82) is 0 Å². The smallest absolute Gasteiger partial charge is 0.422 e. The molecule has 1 fully saturated rings. The molecular weight excluding hydrogens is 271 g/mol. The van der Waals surface area contributed by atoms with Crippen molar-refractivity contribution in [2.45, 2.75) is 25.4 Å². The molecule has 3 nitrogen and oxygen atoms in total. The molecule has 0 amide bonds. The highest BCUT2D eigenvalue weighted by Crippen LogP contribution is 2.38. The predicted octanol–water partition coefficient (Wildman–Crippen LogP) is 3.10. The summed E-state index contributed by atoms with van der Waals surface area (Å²) in [7, 11) is 0. The number of benzene rings is 1. The SMILES string of the molecule is CCOc1c(OCC(F)(F)F)cccc1[C@H]1CCNC1. The van der Waals surface area contributed by atoms with Crippen LogP contribution in [-0.4, -0.2) is 32.5 Å². The normalized spacial score (nSPS) is 19.1. The topological polar surface area (TPSA) is 30.5 Å². The van der Waals surface area contributed by atoms with E-state index in [9.17, 15) is 13.2 Å². The Balaban J connectivity index is 2.23. The summed E-state index contributed by atoms with van der Waals surface area (Å²) < 4.78 is 47.3. The van der Waals surface area contributed by atoms with Crippen molar-refractivity contribution in [1.82, 2.24) is 5.32 Å². The Bertz CT molecular complexity index is 443. The molecule has 1 aliphatic rings. The molecule has 0 aliphatic carbocycles. The maximum Gasteiger partial charge on any atom is 0.422 e. The summed E-state index contributed by atoms with van der Waals surface area (Å²) in [6.07, 6.45) is -3.41. The first-order valence-corrected chi connectivity index (χ1v) is 6.67. The number of hydrogen-bond donors (Lipinski definition) is 1. The average molecular weight is 289 g/mol. The first-order valence-electron chi connectivity index (χ1n) is 6.67. The van der Waals surface area contributed by atoms with E-state index in [0.717, 1.165) is 25.1 Å². The van der Waals surface area contributed by atoms with Crippen molar-refractivity contribution in [3.8, 4) is 11.5 Å². The molecule has 0 spiro atoms. The molecule has 20 heavy (non-hydrogen) atoms. The minimum Gasteiger partial charge on any atom is -0.490 e. The van der Waals surface area contributed by atoms with E-state index in [-0.39, 0.29) is 11.7 Å². The summed E-state index contributed by atoms with van der Waals surface area (Å²) in [4.78, 5) is 0. The lowest BCUT2D eigenvalue weighted by Gasteiger charge is -2.19. The van der Waals surface area contributed by atoms with Gasteiger partial charge in [0.05, 0.1) is 6.61 Å². The number of halogens is 3. The third kappa shape index (κ3) is 3.79. The Morgan fingerprint density at radius 1 is 1.30 bits per heavy atom. The summed E-state index contributed by atoms with van der Waals surface area (Å²) in [5, 5.41) is 3.24. The number of alkyl halides is 3. The Morgan fingerprint density at radius 3 is 2.70 bits per heavy atom. The maximum atomic E-state index is 12.3. The number of ether oxygens (including phenoxy) is 2. The fraction of sp³-hybridized carbons (Fsp3) is 0.571. The summed E-state index contributed by atoms with van der Waals surface area (Å²) in [6, 6.07) is 5.12. The van der Waals surface area contributed by atoms with Crippen LogP contribution in [0.2, 0.25) is 0 Å². The zero-order chi connectivity index (χ0) is 14.6. The molecule has 6 heteroatoms. The van der Waals surface area contributed by atoms with Crippen LogP contribution >= 0.6 is 0 Å². The highest BCUT2D eigenvalue weighted by Gasteiger charge is 2.30. The summed E-state index contributed by atoms with van der Waals surface area (Å²) in [5.41, 5.74) is 0.913. The Labute approximate surface area is 116 Å². The van der Waals surface area contributed by atoms with Crippen molar-refractivity contribution in [3.05, 3.63) is 23.8 Å². The Hall–Kier alpha value is -1.43. The molecule has 2 rings (SSSR count). The lowest BCUT2D eigenvalue weighted by atomic mass is 9.97. The van der Waals surface area contributed by atoms with E-state index >= 15 is 0 Å². The average Bonchev–Trinajstić information content (AvgIpc) is 2.90. The van der Waals surface area contributed by atoms with Crippen LogP contribution < -0.4 is 14.8 Å². The molecule has 1 aromatic carbocycles. The van der Waals surface area contributed by atoms with Crippen molar-refractivity contribution < 1.29 is 22.6 Å². The van der Waals surface area contributed by atoms with E-state index in [1.165, 1.54) is 6.07 Å². The number of rotatable bonds is 5. The van der Waals surface area contributed by atoms with Crippen molar-refractivity contribution in [3.63, 3.8) is 0 Å². The number of nitrogens with one attached hydrogen (secondary N) is 1. The van der Waals surface area contributed by atoms with E-state index in [2.05, 4.69) is 5.32 Å². The van der Waals surface area contributed by atoms with E-state index in [4.69, 9.17) is 9.47 Å². The summed E-state index contributed by atoms with van der Waals surface area (Å²) in [5.74, 6) is 0.854. The van der Waals surface area contributed by atoms with Crippen LogP contribution in [0.4, 0.5) is 13.2 Å². The van der Waals surface area contributed by atoms with Crippen molar-refractivity contribution >= 4 is 0 Å². The standard InChI is InChI=1S/C14H18F3NO2/c1-2-19-13-11(10-6-7-18-8-10)4-3-5-12(13)20-9-14(15,16)17/h3-5,10,18H,2,6-9H2,1H3/t10-/m0/s1. The first kappa shape index (κ1) is 15.0. The van der Waals surface area contributed by atoms with Gasteiger partial charge in [0.15, 0.2) is 18.1 Å². The minimum absolute atomic E-state index is 0.161. The molecule has 1 atom stereocenters. The Kier molecular flexibility index (Phi) is 4.75. The van der Waals surface area contributed by atoms with Gasteiger partial charge >= 0.3 is 6.18 Å². The summed E-state index contributed by atoms with van der Waals surface area (Å²) >= 11 is 0. The van der Waals surface area contributed by atoms with Gasteiger partial charge in [-0.15, -0.1) is 0 Å². The molecule has 1 saturated heterocycles. The van der Waals surface area contributed by atoms with Gasteiger partial charge in [-0.2, -0.15) is 13.2 Å². The highest BCUT2D eigenvalue weighted by molar-refractivity contribution is 5.48. The van der Waals surface area contributed by atoms with Crippen LogP contribution in [0.25, 0.3) is 0 Å². The molecule has 1 heterocycles. The monoisotopic (exact) mass is 289 g/mol. The van der Waals surface area contributed by atoms with Gasteiger partial charge in [-0.25, -0.2) is 0 Å². The zero-order valence-electron chi connectivity index (χ0n) is 11.3. The fourth-order valence-electron chi connectivity index (χ4n) is 2.35. The Morgan fingerprint density at radius 2 is 2.10 bits per heavy atom. The molecule has 1 aliphatic heterocycles. The van der Waals surface area contributed by atoms with Crippen LogP contribution in [0.15, 0.2) is 18.2 Å². The number of hydrogen-bond acceptors (Lipinski definition) is 3. The third-order valence-electron chi connectivity index (χ3n) is 3.19. The maximum absolute atomic E-state index is 12.3. The van der Waals surface area contributed by atoms with Gasteiger partial charge < -0.3 is 14.8 Å². The van der Waals surface area contributed by atoms with Gasteiger partial charge in [0.1, 0.15) is 0 Å². The minimum atomic E-state index is -4.35. The van der Waals surface area contributed by atoms with Gasteiger partial charge in [0.25, 0.3) is 0 Å². The van der Waals surface area contributed by atoms with Gasteiger partial charge in [-0.3, -0.25) is 0 Å². The zero-order valence-corrected chi connectivity index (χ0v) is 11.3. The van der Waals surface area contributed by atoms with E-state index in [1.54, 1.807) is 13.0 Å². The second-order valence-electron chi connectivity index (χ2n) is 4.70. The second kappa shape index (κ2) is 6.35. The lowest BCUT2D eigenvalue weighted by Crippen LogP contribution is -2.20. The molecule has 0 saturated carbocycles. The largest absolute Gasteiger partial charge is 0.490 e.